The van der Waals surface area contributed by atoms with Gasteiger partial charge in [0.05, 0.1) is 0 Å². The van der Waals surface area contributed by atoms with Crippen molar-refractivity contribution in [1.29, 1.82) is 0 Å². The van der Waals surface area contributed by atoms with E-state index in [4.69, 9.17) is 5.73 Å². The molecule has 0 radical (unpaired) electrons. The zero-order chi connectivity index (χ0) is 10.7. The van der Waals surface area contributed by atoms with Crippen LogP contribution in [0.2, 0.25) is 0 Å². The van der Waals surface area contributed by atoms with Crippen LogP contribution in [0.25, 0.3) is 0 Å². The van der Waals surface area contributed by atoms with E-state index in [0.717, 1.165) is 0 Å². The second-order valence-corrected chi connectivity index (χ2v) is 4.83. The number of hydrogen-bond donors (Lipinski definition) is 1. The maximum Gasteiger partial charge on any atom is 0.00694 e. The Labute approximate surface area is 84.1 Å². The van der Waals surface area contributed by atoms with Crippen molar-refractivity contribution in [2.75, 3.05) is 0 Å². The molecular weight excluding hydrogens is 158 g/mol. The van der Waals surface area contributed by atoms with Gasteiger partial charge in [0.1, 0.15) is 0 Å². The lowest BCUT2D eigenvalue weighted by atomic mass is 9.58. The topological polar surface area (TPSA) is 26.0 Å². The van der Waals surface area contributed by atoms with E-state index in [2.05, 4.69) is 41.5 Å². The van der Waals surface area contributed by atoms with Crippen LogP contribution in [0.4, 0.5) is 0 Å². The van der Waals surface area contributed by atoms with Gasteiger partial charge >= 0.3 is 0 Å². The van der Waals surface area contributed by atoms with E-state index in [0.29, 0.717) is 5.41 Å². The molecule has 0 spiro atoms. The fourth-order valence-electron chi connectivity index (χ4n) is 2.36. The molecule has 0 bridgehead atoms. The monoisotopic (exact) mass is 185 g/mol. The summed E-state index contributed by atoms with van der Waals surface area (Å²) < 4.78 is 0. The van der Waals surface area contributed by atoms with Crippen LogP contribution in [0, 0.1) is 10.8 Å². The van der Waals surface area contributed by atoms with Crippen LogP contribution in [-0.4, -0.2) is 6.04 Å². The van der Waals surface area contributed by atoms with E-state index in [1.54, 1.807) is 0 Å². The molecule has 2 N–H and O–H groups in total. The Morgan fingerprint density at radius 2 is 1.38 bits per heavy atom. The number of rotatable bonds is 5. The highest BCUT2D eigenvalue weighted by molar-refractivity contribution is 4.95. The number of hydrogen-bond acceptors (Lipinski definition) is 1. The molecule has 1 nitrogen and oxygen atoms in total. The minimum absolute atomic E-state index is 0.274. The molecule has 0 saturated heterocycles. The van der Waals surface area contributed by atoms with Crippen molar-refractivity contribution in [3.63, 3.8) is 0 Å². The first-order valence-corrected chi connectivity index (χ1v) is 5.63. The van der Waals surface area contributed by atoms with Crippen LogP contribution in [-0.2, 0) is 0 Å². The highest BCUT2D eigenvalue weighted by Gasteiger charge is 2.42. The van der Waals surface area contributed by atoms with Crippen molar-refractivity contribution in [2.45, 2.75) is 66.8 Å². The third kappa shape index (κ3) is 2.07. The smallest absolute Gasteiger partial charge is 0.00694 e. The van der Waals surface area contributed by atoms with E-state index in [1.165, 1.54) is 19.3 Å². The van der Waals surface area contributed by atoms with E-state index in [1.807, 2.05) is 0 Å². The first kappa shape index (κ1) is 13.0. The summed E-state index contributed by atoms with van der Waals surface area (Å²) in [5, 5.41) is 0. The van der Waals surface area contributed by atoms with Gasteiger partial charge < -0.3 is 5.73 Å². The summed E-state index contributed by atoms with van der Waals surface area (Å²) in [5.41, 5.74) is 6.78. The van der Waals surface area contributed by atoms with E-state index >= 15 is 0 Å². The Bertz CT molecular complexity index is 147. The third-order valence-electron chi connectivity index (χ3n) is 4.68. The van der Waals surface area contributed by atoms with Crippen LogP contribution < -0.4 is 5.73 Å². The van der Waals surface area contributed by atoms with E-state index in [-0.39, 0.29) is 11.5 Å². The van der Waals surface area contributed by atoms with Crippen LogP contribution in [0.1, 0.15) is 60.8 Å². The molecule has 0 rings (SSSR count). The molecule has 0 aromatic rings. The van der Waals surface area contributed by atoms with Crippen molar-refractivity contribution < 1.29 is 0 Å². The van der Waals surface area contributed by atoms with Gasteiger partial charge in [-0.15, -0.1) is 0 Å². The van der Waals surface area contributed by atoms with Crippen LogP contribution in [0.3, 0.4) is 0 Å². The molecule has 2 unspecified atom stereocenters. The lowest BCUT2D eigenvalue weighted by Gasteiger charge is -2.48. The van der Waals surface area contributed by atoms with Crippen LogP contribution >= 0.6 is 0 Å². The minimum Gasteiger partial charge on any atom is -0.327 e. The molecule has 1 heteroatoms. The van der Waals surface area contributed by atoms with Crippen LogP contribution in [0.5, 0.6) is 0 Å². The summed E-state index contributed by atoms with van der Waals surface area (Å²) in [5.74, 6) is 0. The molecule has 0 aliphatic rings. The highest BCUT2D eigenvalue weighted by atomic mass is 14.7. The average molecular weight is 185 g/mol. The Morgan fingerprint density at radius 1 is 1.00 bits per heavy atom. The lowest BCUT2D eigenvalue weighted by Crippen LogP contribution is -2.48. The minimum atomic E-state index is 0.274. The zero-order valence-corrected chi connectivity index (χ0v) is 10.3. The van der Waals surface area contributed by atoms with Crippen molar-refractivity contribution in [3.8, 4) is 0 Å². The molecule has 0 aliphatic heterocycles. The summed E-state index contributed by atoms with van der Waals surface area (Å²) in [6.45, 7) is 13.7. The molecular formula is C12H27N. The first-order valence-electron chi connectivity index (χ1n) is 5.63. The second-order valence-electron chi connectivity index (χ2n) is 4.83. The molecule has 0 amide bonds. The Balaban J connectivity index is 4.91. The Morgan fingerprint density at radius 3 is 1.46 bits per heavy atom. The fraction of sp³-hybridized carbons (Fsp3) is 1.00. The van der Waals surface area contributed by atoms with E-state index < -0.39 is 0 Å². The summed E-state index contributed by atoms with van der Waals surface area (Å²) in [6.07, 6.45) is 3.60. The predicted molar refractivity (Wildman–Crippen MR) is 60.7 cm³/mol. The molecule has 2 atom stereocenters. The van der Waals surface area contributed by atoms with Gasteiger partial charge in [-0.3, -0.25) is 0 Å². The molecule has 0 heterocycles. The molecule has 0 saturated carbocycles. The quantitative estimate of drug-likeness (QED) is 0.696. The van der Waals surface area contributed by atoms with Gasteiger partial charge in [0.2, 0.25) is 0 Å². The summed E-state index contributed by atoms with van der Waals surface area (Å²) in [7, 11) is 0. The van der Waals surface area contributed by atoms with Crippen molar-refractivity contribution in [2.24, 2.45) is 16.6 Å². The second kappa shape index (κ2) is 4.45. The Kier molecular flexibility index (Phi) is 4.44. The van der Waals surface area contributed by atoms with E-state index in [9.17, 15) is 0 Å². The maximum atomic E-state index is 6.12. The average Bonchev–Trinajstić information content (AvgIpc) is 2.14. The normalized spacial score (nSPS) is 19.6. The zero-order valence-electron chi connectivity index (χ0n) is 10.3. The van der Waals surface area contributed by atoms with Gasteiger partial charge in [0.15, 0.2) is 0 Å². The first-order chi connectivity index (χ1) is 5.88. The van der Waals surface area contributed by atoms with Crippen LogP contribution in [0.15, 0.2) is 0 Å². The van der Waals surface area contributed by atoms with Crippen molar-refractivity contribution >= 4 is 0 Å². The van der Waals surface area contributed by atoms with Gasteiger partial charge in [-0.05, 0) is 24.2 Å². The summed E-state index contributed by atoms with van der Waals surface area (Å²) >= 11 is 0. The molecule has 13 heavy (non-hydrogen) atoms. The summed E-state index contributed by atoms with van der Waals surface area (Å²) in [6, 6.07) is 0.280. The Hall–Kier alpha value is -0.0400. The summed E-state index contributed by atoms with van der Waals surface area (Å²) in [4.78, 5) is 0. The lowest BCUT2D eigenvalue weighted by molar-refractivity contribution is 0.0329. The molecule has 0 fully saturated rings. The van der Waals surface area contributed by atoms with Crippen molar-refractivity contribution in [1.82, 2.24) is 0 Å². The van der Waals surface area contributed by atoms with Gasteiger partial charge in [0, 0.05) is 6.04 Å². The van der Waals surface area contributed by atoms with Gasteiger partial charge in [0.25, 0.3) is 0 Å². The highest BCUT2D eigenvalue weighted by Crippen LogP contribution is 2.48. The fourth-order valence-corrected chi connectivity index (χ4v) is 2.36. The van der Waals surface area contributed by atoms with Gasteiger partial charge in [-0.25, -0.2) is 0 Å². The molecule has 0 aliphatic carbocycles. The third-order valence-corrected chi connectivity index (χ3v) is 4.68. The maximum absolute atomic E-state index is 6.12. The van der Waals surface area contributed by atoms with Crippen molar-refractivity contribution in [3.05, 3.63) is 0 Å². The SMILES string of the molecule is CCC(C)(CC)C(C)(CC)C(C)N. The van der Waals surface area contributed by atoms with Gasteiger partial charge in [-0.2, -0.15) is 0 Å². The largest absolute Gasteiger partial charge is 0.327 e. The number of nitrogens with two attached hydrogens (primary N) is 1. The molecule has 0 aromatic heterocycles. The van der Waals surface area contributed by atoms with Gasteiger partial charge in [-0.1, -0.05) is 47.5 Å². The standard InChI is InChI=1S/C12H27N/c1-7-11(5,8-2)12(6,9-3)10(4)13/h10H,7-9,13H2,1-6H3. The molecule has 0 aromatic carbocycles. The predicted octanol–water partition coefficient (Wildman–Crippen LogP) is 3.58. The molecule has 80 valence electrons.